The molecular formula is C16H12ClFN2O. The number of H-pyrrole nitrogens is 1. The summed E-state index contributed by atoms with van der Waals surface area (Å²) in [5.74, 6) is -0.803. The second-order valence-corrected chi connectivity index (χ2v) is 5.16. The molecule has 106 valence electrons. The van der Waals surface area contributed by atoms with E-state index in [0.29, 0.717) is 11.4 Å². The minimum Gasteiger partial charge on any atom is -0.350 e. The first-order valence-corrected chi connectivity index (χ1v) is 6.78. The lowest BCUT2D eigenvalue weighted by Crippen LogP contribution is -2.13. The molecule has 2 aromatic carbocycles. The summed E-state index contributed by atoms with van der Waals surface area (Å²) in [7, 11) is 0. The van der Waals surface area contributed by atoms with Gasteiger partial charge in [-0.15, -0.1) is 0 Å². The average Bonchev–Trinajstić information content (AvgIpc) is 2.81. The van der Waals surface area contributed by atoms with Gasteiger partial charge in [0.05, 0.1) is 5.02 Å². The number of carbonyl (C=O) groups excluding carboxylic acids is 1. The number of amides is 1. The molecular weight excluding hydrogens is 291 g/mol. The number of carbonyl (C=O) groups is 1. The molecule has 5 heteroatoms. The maximum absolute atomic E-state index is 13.1. The van der Waals surface area contributed by atoms with Crippen molar-refractivity contribution in [1.29, 1.82) is 0 Å². The zero-order valence-electron chi connectivity index (χ0n) is 11.2. The molecule has 0 aliphatic heterocycles. The topological polar surface area (TPSA) is 44.9 Å². The predicted molar refractivity (Wildman–Crippen MR) is 82.4 cm³/mol. The van der Waals surface area contributed by atoms with Crippen molar-refractivity contribution in [1.82, 2.24) is 4.98 Å². The highest BCUT2D eigenvalue weighted by Crippen LogP contribution is 2.23. The van der Waals surface area contributed by atoms with Crippen LogP contribution in [0.3, 0.4) is 0 Å². The minimum absolute atomic E-state index is 0.0267. The van der Waals surface area contributed by atoms with Crippen LogP contribution in [-0.2, 0) is 0 Å². The Morgan fingerprint density at radius 2 is 2.00 bits per heavy atom. The van der Waals surface area contributed by atoms with Crippen LogP contribution in [0.25, 0.3) is 10.9 Å². The summed E-state index contributed by atoms with van der Waals surface area (Å²) in [6.07, 6.45) is 0. The Morgan fingerprint density at radius 3 is 2.71 bits per heavy atom. The van der Waals surface area contributed by atoms with Crippen LogP contribution in [0.5, 0.6) is 0 Å². The van der Waals surface area contributed by atoms with E-state index in [4.69, 9.17) is 11.6 Å². The van der Waals surface area contributed by atoms with E-state index >= 15 is 0 Å². The first-order chi connectivity index (χ1) is 10.1. The summed E-state index contributed by atoms with van der Waals surface area (Å²) >= 11 is 5.70. The van der Waals surface area contributed by atoms with Crippen LogP contribution in [-0.4, -0.2) is 10.9 Å². The zero-order valence-corrected chi connectivity index (χ0v) is 12.0. The Labute approximate surface area is 125 Å². The molecule has 0 aliphatic rings. The van der Waals surface area contributed by atoms with Gasteiger partial charge in [-0.05, 0) is 36.8 Å². The lowest BCUT2D eigenvalue weighted by molar-refractivity contribution is 0.102. The average molecular weight is 303 g/mol. The number of fused-ring (bicyclic) bond motifs is 1. The number of para-hydroxylation sites is 1. The summed E-state index contributed by atoms with van der Waals surface area (Å²) in [4.78, 5) is 15.4. The molecule has 2 N–H and O–H groups in total. The van der Waals surface area contributed by atoms with Crippen molar-refractivity contribution in [2.24, 2.45) is 0 Å². The maximum Gasteiger partial charge on any atom is 0.272 e. The van der Waals surface area contributed by atoms with E-state index in [1.807, 2.05) is 31.2 Å². The smallest absolute Gasteiger partial charge is 0.272 e. The van der Waals surface area contributed by atoms with Gasteiger partial charge in [0.15, 0.2) is 0 Å². The molecule has 0 saturated carbocycles. The number of halogens is 2. The maximum atomic E-state index is 13.1. The lowest BCUT2D eigenvalue weighted by Gasteiger charge is -2.05. The number of hydrogen-bond acceptors (Lipinski definition) is 1. The highest BCUT2D eigenvalue weighted by molar-refractivity contribution is 6.31. The third kappa shape index (κ3) is 2.50. The van der Waals surface area contributed by atoms with Crippen molar-refractivity contribution in [2.45, 2.75) is 6.92 Å². The van der Waals surface area contributed by atoms with E-state index in [9.17, 15) is 9.18 Å². The van der Waals surface area contributed by atoms with Gasteiger partial charge in [-0.1, -0.05) is 29.8 Å². The Morgan fingerprint density at radius 1 is 1.24 bits per heavy atom. The first kappa shape index (κ1) is 13.6. The Kier molecular flexibility index (Phi) is 3.39. The molecule has 21 heavy (non-hydrogen) atoms. The SMILES string of the molecule is Cc1c(C(=O)Nc2ccc(F)c(Cl)c2)[nH]c2ccccc12. The highest BCUT2D eigenvalue weighted by atomic mass is 35.5. The molecule has 3 nitrogen and oxygen atoms in total. The van der Waals surface area contributed by atoms with Crippen LogP contribution in [0.4, 0.5) is 10.1 Å². The molecule has 0 radical (unpaired) electrons. The van der Waals surface area contributed by atoms with Gasteiger partial charge in [0, 0.05) is 16.6 Å². The van der Waals surface area contributed by atoms with E-state index in [1.165, 1.54) is 18.2 Å². The van der Waals surface area contributed by atoms with E-state index in [-0.39, 0.29) is 10.9 Å². The van der Waals surface area contributed by atoms with Gasteiger partial charge >= 0.3 is 0 Å². The summed E-state index contributed by atoms with van der Waals surface area (Å²) in [5, 5.41) is 3.68. The fourth-order valence-corrected chi connectivity index (χ4v) is 2.46. The quantitative estimate of drug-likeness (QED) is 0.718. The Hall–Kier alpha value is -2.33. The molecule has 0 aliphatic carbocycles. The monoisotopic (exact) mass is 302 g/mol. The summed E-state index contributed by atoms with van der Waals surface area (Å²) < 4.78 is 13.1. The molecule has 0 atom stereocenters. The molecule has 3 rings (SSSR count). The van der Waals surface area contributed by atoms with Crippen molar-refractivity contribution in [3.05, 3.63) is 64.6 Å². The second-order valence-electron chi connectivity index (χ2n) is 4.75. The van der Waals surface area contributed by atoms with Gasteiger partial charge in [0.25, 0.3) is 5.91 Å². The largest absolute Gasteiger partial charge is 0.350 e. The van der Waals surface area contributed by atoms with Crippen LogP contribution in [0, 0.1) is 12.7 Å². The number of hydrogen-bond donors (Lipinski definition) is 2. The van der Waals surface area contributed by atoms with Crippen molar-refractivity contribution in [3.63, 3.8) is 0 Å². The first-order valence-electron chi connectivity index (χ1n) is 6.40. The summed E-state index contributed by atoms with van der Waals surface area (Å²) in [5.41, 5.74) is 2.70. The molecule has 0 fully saturated rings. The zero-order chi connectivity index (χ0) is 15.0. The molecule has 1 amide bonds. The number of aromatic nitrogens is 1. The molecule has 1 heterocycles. The fraction of sp³-hybridized carbons (Fsp3) is 0.0625. The third-order valence-corrected chi connectivity index (χ3v) is 3.66. The molecule has 0 spiro atoms. The second kappa shape index (κ2) is 5.22. The van der Waals surface area contributed by atoms with Crippen molar-refractivity contribution >= 4 is 34.1 Å². The number of aryl methyl sites for hydroxylation is 1. The fourth-order valence-electron chi connectivity index (χ4n) is 2.28. The number of rotatable bonds is 2. The van der Waals surface area contributed by atoms with Gasteiger partial charge in [-0.25, -0.2) is 4.39 Å². The normalized spacial score (nSPS) is 10.8. The number of nitrogens with one attached hydrogen (secondary N) is 2. The molecule has 0 bridgehead atoms. The van der Waals surface area contributed by atoms with E-state index in [2.05, 4.69) is 10.3 Å². The van der Waals surface area contributed by atoms with E-state index in [0.717, 1.165) is 16.5 Å². The van der Waals surface area contributed by atoms with Crippen LogP contribution >= 0.6 is 11.6 Å². The van der Waals surface area contributed by atoms with Crippen molar-refractivity contribution in [3.8, 4) is 0 Å². The van der Waals surface area contributed by atoms with Crippen molar-refractivity contribution < 1.29 is 9.18 Å². The summed E-state index contributed by atoms with van der Waals surface area (Å²) in [6, 6.07) is 11.8. The minimum atomic E-state index is -0.517. The van der Waals surface area contributed by atoms with E-state index < -0.39 is 5.82 Å². The third-order valence-electron chi connectivity index (χ3n) is 3.37. The van der Waals surface area contributed by atoms with Gasteiger partial charge in [0.2, 0.25) is 0 Å². The van der Waals surface area contributed by atoms with Gasteiger partial charge in [-0.2, -0.15) is 0 Å². The van der Waals surface area contributed by atoms with Crippen LogP contribution in [0.2, 0.25) is 5.02 Å². The summed E-state index contributed by atoms with van der Waals surface area (Å²) in [6.45, 7) is 1.88. The standard InChI is InChI=1S/C16H12ClFN2O/c1-9-11-4-2-3-5-14(11)20-15(9)16(21)19-10-6-7-13(18)12(17)8-10/h2-8,20H,1H3,(H,19,21). The van der Waals surface area contributed by atoms with Gasteiger partial charge in [0.1, 0.15) is 11.5 Å². The molecule has 0 unspecified atom stereocenters. The molecule has 3 aromatic rings. The van der Waals surface area contributed by atoms with Crippen LogP contribution < -0.4 is 5.32 Å². The predicted octanol–water partition coefficient (Wildman–Crippen LogP) is 4.52. The van der Waals surface area contributed by atoms with Crippen LogP contribution in [0.1, 0.15) is 16.1 Å². The van der Waals surface area contributed by atoms with Crippen molar-refractivity contribution in [2.75, 3.05) is 5.32 Å². The lowest BCUT2D eigenvalue weighted by atomic mass is 10.1. The van der Waals surface area contributed by atoms with Crippen LogP contribution in [0.15, 0.2) is 42.5 Å². The van der Waals surface area contributed by atoms with Gasteiger partial charge in [-0.3, -0.25) is 4.79 Å². The number of benzene rings is 2. The molecule has 1 aromatic heterocycles. The number of aromatic amines is 1. The Bertz CT molecular complexity index is 841. The van der Waals surface area contributed by atoms with E-state index in [1.54, 1.807) is 0 Å². The Balaban J connectivity index is 1.93. The molecule has 0 saturated heterocycles. The van der Waals surface area contributed by atoms with Gasteiger partial charge < -0.3 is 10.3 Å². The highest BCUT2D eigenvalue weighted by Gasteiger charge is 2.15. The number of anilines is 1.